The highest BCUT2D eigenvalue weighted by molar-refractivity contribution is 8.09. The molecule has 186 valence electrons. The Morgan fingerprint density at radius 3 is 2.54 bits per heavy atom. The molecule has 0 aliphatic heterocycles. The van der Waals surface area contributed by atoms with Gasteiger partial charge in [0.05, 0.1) is 42.1 Å². The van der Waals surface area contributed by atoms with E-state index >= 15 is 0 Å². The topological polar surface area (TPSA) is 121 Å². The zero-order chi connectivity index (χ0) is 26.0. The molecule has 12 heteroatoms. The SMILES string of the molecule is CC(C)COP(=S)(Oc1cccc([N+](=O)[O-])c1)N(C=Nc1ccc(C(=O)N(C)C)cc1)CCC#N. The van der Waals surface area contributed by atoms with E-state index in [1.807, 2.05) is 13.8 Å². The predicted octanol–water partition coefficient (Wildman–Crippen LogP) is 5.15. The Labute approximate surface area is 210 Å². The molecule has 0 heterocycles. The number of nitrogens with zero attached hydrogens (tertiary/aromatic N) is 5. The van der Waals surface area contributed by atoms with Crippen LogP contribution in [0.1, 0.15) is 30.6 Å². The van der Waals surface area contributed by atoms with Crippen LogP contribution in [-0.4, -0.2) is 54.0 Å². The van der Waals surface area contributed by atoms with E-state index in [1.54, 1.807) is 49.1 Å². The van der Waals surface area contributed by atoms with Crippen molar-refractivity contribution in [2.45, 2.75) is 20.3 Å². The van der Waals surface area contributed by atoms with Crippen molar-refractivity contribution in [3.05, 3.63) is 64.2 Å². The first-order valence-electron chi connectivity index (χ1n) is 10.7. The molecule has 35 heavy (non-hydrogen) atoms. The standard InChI is InChI=1S/C23H28N5O5PS/c1-18(2)16-32-34(35,33-22-8-5-7-21(15-22)28(30)31)27(14-6-13-24)17-25-20-11-9-19(10-12-20)23(29)26(3)4/h5,7-12,15,17-18H,6,14,16H2,1-4H3. The second-order valence-corrected chi connectivity index (χ2v) is 11.3. The molecule has 0 fully saturated rings. The lowest BCUT2D eigenvalue weighted by Gasteiger charge is -2.32. The number of benzene rings is 2. The fourth-order valence-corrected chi connectivity index (χ4v) is 5.18. The van der Waals surface area contributed by atoms with Gasteiger partial charge in [-0.1, -0.05) is 19.9 Å². The van der Waals surface area contributed by atoms with Gasteiger partial charge in [-0.05, 0) is 48.1 Å². The molecule has 0 saturated carbocycles. The van der Waals surface area contributed by atoms with Gasteiger partial charge in [-0.25, -0.2) is 4.99 Å². The highest BCUT2D eigenvalue weighted by atomic mass is 32.5. The average Bonchev–Trinajstić information content (AvgIpc) is 2.82. The Bertz CT molecular complexity index is 1150. The van der Waals surface area contributed by atoms with Gasteiger partial charge in [0, 0.05) is 32.3 Å². The number of carbonyl (C=O) groups excluding carboxylic acids is 1. The first-order valence-corrected chi connectivity index (χ1v) is 13.3. The smallest absolute Gasteiger partial charge is 0.342 e. The number of nitro benzene ring substituents is 1. The molecule has 0 N–H and O–H groups in total. The van der Waals surface area contributed by atoms with Crippen LogP contribution in [0.4, 0.5) is 11.4 Å². The summed E-state index contributed by atoms with van der Waals surface area (Å²) in [6.45, 7) is 1.10. The fourth-order valence-electron chi connectivity index (χ4n) is 2.67. The van der Waals surface area contributed by atoms with Crippen LogP contribution in [0.15, 0.2) is 53.5 Å². The number of aliphatic imine (C=N–C) groups is 1. The number of nitro groups is 1. The quantitative estimate of drug-likeness (QED) is 0.125. The van der Waals surface area contributed by atoms with E-state index in [0.717, 1.165) is 0 Å². The molecule has 0 radical (unpaired) electrons. The second-order valence-electron chi connectivity index (χ2n) is 8.07. The third-order valence-electron chi connectivity index (χ3n) is 4.45. The van der Waals surface area contributed by atoms with Gasteiger partial charge in [-0.3, -0.25) is 19.6 Å². The van der Waals surface area contributed by atoms with Crippen molar-refractivity contribution in [3.8, 4) is 11.8 Å². The molecule has 0 bridgehead atoms. The van der Waals surface area contributed by atoms with E-state index in [9.17, 15) is 14.9 Å². The number of hydrogen-bond donors (Lipinski definition) is 0. The maximum atomic E-state index is 12.1. The summed E-state index contributed by atoms with van der Waals surface area (Å²) in [6, 6.07) is 14.5. The molecule has 1 atom stereocenters. The lowest BCUT2D eigenvalue weighted by atomic mass is 10.2. The van der Waals surface area contributed by atoms with Crippen molar-refractivity contribution >= 4 is 42.1 Å². The maximum Gasteiger partial charge on any atom is 0.342 e. The molecule has 1 unspecified atom stereocenters. The number of nitriles is 1. The zero-order valence-corrected chi connectivity index (χ0v) is 21.7. The van der Waals surface area contributed by atoms with E-state index in [4.69, 9.17) is 26.1 Å². The number of hydrogen-bond acceptors (Lipinski definition) is 8. The molecule has 0 aromatic heterocycles. The molecule has 0 saturated heterocycles. The monoisotopic (exact) mass is 517 g/mol. The molecule has 10 nitrogen and oxygen atoms in total. The van der Waals surface area contributed by atoms with Crippen LogP contribution in [0.25, 0.3) is 0 Å². The minimum absolute atomic E-state index is 0.126. The van der Waals surface area contributed by atoms with Gasteiger partial charge in [0.2, 0.25) is 0 Å². The Morgan fingerprint density at radius 1 is 1.29 bits per heavy atom. The Hall–Kier alpha value is -3.32. The summed E-state index contributed by atoms with van der Waals surface area (Å²) < 4.78 is 13.6. The highest BCUT2D eigenvalue weighted by Gasteiger charge is 2.29. The van der Waals surface area contributed by atoms with Gasteiger partial charge in [-0.15, -0.1) is 0 Å². The summed E-state index contributed by atoms with van der Waals surface area (Å²) >= 11 is 5.82. The molecule has 1 amide bonds. The summed E-state index contributed by atoms with van der Waals surface area (Å²) in [5.41, 5.74) is 0.940. The minimum Gasteiger partial charge on any atom is -0.428 e. The van der Waals surface area contributed by atoms with Crippen molar-refractivity contribution in [2.75, 3.05) is 27.2 Å². The summed E-state index contributed by atoms with van der Waals surface area (Å²) in [7, 11) is 3.35. The molecule has 0 spiro atoms. The van der Waals surface area contributed by atoms with E-state index in [0.29, 0.717) is 11.3 Å². The van der Waals surface area contributed by atoms with E-state index < -0.39 is 11.6 Å². The lowest BCUT2D eigenvalue weighted by molar-refractivity contribution is -0.384. The van der Waals surface area contributed by atoms with Crippen molar-refractivity contribution in [2.24, 2.45) is 10.9 Å². The van der Waals surface area contributed by atoms with Crippen LogP contribution in [-0.2, 0) is 16.3 Å². The molecule has 2 aromatic rings. The summed E-state index contributed by atoms with van der Waals surface area (Å²) in [4.78, 5) is 28.7. The third-order valence-corrected chi connectivity index (χ3v) is 7.47. The Morgan fingerprint density at radius 2 is 1.97 bits per heavy atom. The maximum absolute atomic E-state index is 12.1. The Balaban J connectivity index is 2.38. The van der Waals surface area contributed by atoms with Gasteiger partial charge in [0.15, 0.2) is 0 Å². The van der Waals surface area contributed by atoms with Crippen LogP contribution in [0, 0.1) is 27.4 Å². The number of rotatable bonds is 12. The van der Waals surface area contributed by atoms with E-state index in [-0.39, 0.29) is 42.8 Å². The van der Waals surface area contributed by atoms with Crippen molar-refractivity contribution < 1.29 is 18.8 Å². The van der Waals surface area contributed by atoms with Crippen LogP contribution >= 0.6 is 6.64 Å². The van der Waals surface area contributed by atoms with Gasteiger partial charge < -0.3 is 13.9 Å². The van der Waals surface area contributed by atoms with Gasteiger partial charge in [0.25, 0.3) is 11.6 Å². The second kappa shape index (κ2) is 13.0. The molecule has 2 rings (SSSR count). The van der Waals surface area contributed by atoms with Crippen LogP contribution < -0.4 is 4.52 Å². The molecular formula is C23H28N5O5PS. The van der Waals surface area contributed by atoms with Crippen molar-refractivity contribution in [1.29, 1.82) is 5.26 Å². The van der Waals surface area contributed by atoms with Crippen LogP contribution in [0.2, 0.25) is 0 Å². The van der Waals surface area contributed by atoms with Crippen molar-refractivity contribution in [3.63, 3.8) is 0 Å². The number of amides is 1. The fraction of sp³-hybridized carbons (Fsp3) is 0.348. The minimum atomic E-state index is -3.28. The summed E-state index contributed by atoms with van der Waals surface area (Å²) in [5, 5.41) is 20.3. The average molecular weight is 518 g/mol. The largest absolute Gasteiger partial charge is 0.428 e. The number of non-ortho nitro benzene ring substituents is 1. The molecule has 0 aliphatic carbocycles. The van der Waals surface area contributed by atoms with E-state index in [1.165, 1.54) is 29.4 Å². The zero-order valence-electron chi connectivity index (χ0n) is 20.0. The highest BCUT2D eigenvalue weighted by Crippen LogP contribution is 2.52. The van der Waals surface area contributed by atoms with Gasteiger partial charge >= 0.3 is 6.64 Å². The van der Waals surface area contributed by atoms with Crippen LogP contribution in [0.5, 0.6) is 5.75 Å². The molecule has 2 aromatic carbocycles. The normalized spacial score (nSPS) is 12.7. The first kappa shape index (κ1) is 27.9. The first-order chi connectivity index (χ1) is 16.6. The van der Waals surface area contributed by atoms with Gasteiger partial charge in [-0.2, -0.15) is 5.26 Å². The summed E-state index contributed by atoms with van der Waals surface area (Å²) in [6.07, 6.45) is 1.59. The third kappa shape index (κ3) is 8.44. The lowest BCUT2D eigenvalue weighted by Crippen LogP contribution is -2.25. The Kier molecular flexibility index (Phi) is 10.3. The van der Waals surface area contributed by atoms with Crippen LogP contribution in [0.3, 0.4) is 0 Å². The number of carbonyl (C=O) groups is 1. The molecule has 0 aliphatic rings. The predicted molar refractivity (Wildman–Crippen MR) is 138 cm³/mol. The summed E-state index contributed by atoms with van der Waals surface area (Å²) in [5.74, 6) is 0.204. The van der Waals surface area contributed by atoms with Gasteiger partial charge in [0.1, 0.15) is 5.75 Å². The molecular weight excluding hydrogens is 489 g/mol. The van der Waals surface area contributed by atoms with Crippen molar-refractivity contribution in [1.82, 2.24) is 9.57 Å². The van der Waals surface area contributed by atoms with E-state index in [2.05, 4.69) is 11.1 Å².